The average Bonchev–Trinajstić information content (AvgIpc) is 3.26. The molecule has 2 aliphatic rings. The molecule has 0 aliphatic carbocycles. The van der Waals surface area contributed by atoms with Crippen LogP contribution in [0.4, 0.5) is 22.0 Å². The molecular formula is C28H23ClF5N5O4. The highest BCUT2D eigenvalue weighted by atomic mass is 35.5. The van der Waals surface area contributed by atoms with Gasteiger partial charge in [0.2, 0.25) is 5.88 Å². The molecule has 1 N–H and O–H groups in total. The number of benzene rings is 1. The first-order valence-electron chi connectivity index (χ1n) is 13.3. The third-order valence-corrected chi connectivity index (χ3v) is 7.71. The molecule has 43 heavy (non-hydrogen) atoms. The fraction of sp³-hybridized carbons (Fsp3) is 0.357. The van der Waals surface area contributed by atoms with Crippen molar-refractivity contribution >= 4 is 28.7 Å². The Morgan fingerprint density at radius 1 is 1.14 bits per heavy atom. The van der Waals surface area contributed by atoms with Gasteiger partial charge in [0, 0.05) is 25.3 Å². The Labute approximate surface area is 245 Å². The summed E-state index contributed by atoms with van der Waals surface area (Å²) in [5.74, 6) is -3.19. The Balaban J connectivity index is 1.27. The summed E-state index contributed by atoms with van der Waals surface area (Å²) < 4.78 is 82.6. The van der Waals surface area contributed by atoms with Crippen LogP contribution in [0, 0.1) is 11.6 Å². The summed E-state index contributed by atoms with van der Waals surface area (Å²) >= 11 is 5.57. The number of carboxylic acid groups (broad SMARTS) is 1. The number of hydrogen-bond donors (Lipinski definition) is 1. The number of carbonyl (C=O) groups is 1. The number of imidazole rings is 1. The van der Waals surface area contributed by atoms with E-state index in [1.165, 1.54) is 6.07 Å². The van der Waals surface area contributed by atoms with E-state index in [0.29, 0.717) is 47.9 Å². The lowest BCUT2D eigenvalue weighted by molar-refractivity contribution is -0.139. The number of aromatic carboxylic acids is 1. The van der Waals surface area contributed by atoms with E-state index in [2.05, 4.69) is 15.0 Å². The van der Waals surface area contributed by atoms with E-state index >= 15 is 0 Å². The maximum atomic E-state index is 14.2. The van der Waals surface area contributed by atoms with Crippen LogP contribution in [0.3, 0.4) is 0 Å². The molecule has 0 radical (unpaired) electrons. The zero-order valence-electron chi connectivity index (χ0n) is 22.3. The van der Waals surface area contributed by atoms with Gasteiger partial charge in [0.15, 0.2) is 11.3 Å². The van der Waals surface area contributed by atoms with E-state index in [-0.39, 0.29) is 36.9 Å². The van der Waals surface area contributed by atoms with Crippen molar-refractivity contribution in [2.75, 3.05) is 13.2 Å². The van der Waals surface area contributed by atoms with Gasteiger partial charge in [0.05, 0.1) is 29.9 Å². The van der Waals surface area contributed by atoms with Crippen LogP contribution in [0.15, 0.2) is 30.3 Å². The highest BCUT2D eigenvalue weighted by Gasteiger charge is 2.37. The molecule has 3 aromatic heterocycles. The Morgan fingerprint density at radius 2 is 1.93 bits per heavy atom. The minimum absolute atomic E-state index is 0.0744. The molecule has 1 fully saturated rings. The van der Waals surface area contributed by atoms with Crippen molar-refractivity contribution in [3.8, 4) is 5.88 Å². The van der Waals surface area contributed by atoms with Gasteiger partial charge in [-0.15, -0.1) is 0 Å². The average molecular weight is 624 g/mol. The first-order chi connectivity index (χ1) is 20.5. The van der Waals surface area contributed by atoms with Crippen molar-refractivity contribution in [2.45, 2.75) is 51.4 Å². The van der Waals surface area contributed by atoms with Crippen molar-refractivity contribution in [2.24, 2.45) is 0 Å². The lowest BCUT2D eigenvalue weighted by atomic mass is 10.0. The molecule has 4 aromatic rings. The van der Waals surface area contributed by atoms with E-state index in [4.69, 9.17) is 21.1 Å². The van der Waals surface area contributed by atoms with Gasteiger partial charge in [-0.25, -0.2) is 28.5 Å². The van der Waals surface area contributed by atoms with Crippen LogP contribution in [0.25, 0.3) is 11.2 Å². The monoisotopic (exact) mass is 623 g/mol. The van der Waals surface area contributed by atoms with Crippen LogP contribution < -0.4 is 4.74 Å². The number of aromatic nitrogens is 4. The summed E-state index contributed by atoms with van der Waals surface area (Å²) in [5, 5.41) is 8.95. The first kappa shape index (κ1) is 29.2. The molecule has 0 unspecified atom stereocenters. The molecule has 9 nitrogen and oxygen atoms in total. The molecule has 2 aliphatic heterocycles. The number of rotatable bonds is 8. The quantitative estimate of drug-likeness (QED) is 0.206. The predicted molar refractivity (Wildman–Crippen MR) is 142 cm³/mol. The SMILES string of the molecule is O=C(O)c1ccc2nc(CN3CCc4cc(C(F)(F)F)c(OCc5cc(F)c(Cl)cc5F)nc4C3)n(C[C@@H]3CCO3)c2n1. The van der Waals surface area contributed by atoms with Gasteiger partial charge in [-0.2, -0.15) is 13.2 Å². The maximum Gasteiger partial charge on any atom is 0.421 e. The molecule has 0 bridgehead atoms. The number of hydrogen-bond acceptors (Lipinski definition) is 7. The largest absolute Gasteiger partial charge is 0.477 e. The highest BCUT2D eigenvalue weighted by Crippen LogP contribution is 2.38. The van der Waals surface area contributed by atoms with Crippen molar-refractivity contribution < 1.29 is 41.3 Å². The van der Waals surface area contributed by atoms with E-state index in [1.54, 1.807) is 6.07 Å². The van der Waals surface area contributed by atoms with E-state index in [0.717, 1.165) is 24.6 Å². The molecule has 0 spiro atoms. The maximum absolute atomic E-state index is 14.2. The number of carboxylic acids is 1. The van der Waals surface area contributed by atoms with Gasteiger partial charge in [-0.1, -0.05) is 11.6 Å². The third kappa shape index (κ3) is 5.99. The van der Waals surface area contributed by atoms with Gasteiger partial charge in [-0.3, -0.25) is 4.90 Å². The summed E-state index contributed by atoms with van der Waals surface area (Å²) in [5.41, 5.74) is 0.0861. The number of pyridine rings is 2. The lowest BCUT2D eigenvalue weighted by Crippen LogP contribution is -2.34. The second-order valence-electron chi connectivity index (χ2n) is 10.3. The zero-order valence-corrected chi connectivity index (χ0v) is 23.1. The first-order valence-corrected chi connectivity index (χ1v) is 13.6. The topological polar surface area (TPSA) is 103 Å². The normalized spacial score (nSPS) is 17.1. The fourth-order valence-electron chi connectivity index (χ4n) is 5.08. The zero-order chi connectivity index (χ0) is 30.5. The second kappa shape index (κ2) is 11.3. The molecule has 5 heterocycles. The molecular weight excluding hydrogens is 601 g/mol. The minimum atomic E-state index is -4.80. The highest BCUT2D eigenvalue weighted by molar-refractivity contribution is 6.30. The van der Waals surface area contributed by atoms with Gasteiger partial charge in [-0.05, 0) is 48.7 Å². The molecule has 0 amide bonds. The number of alkyl halides is 3. The van der Waals surface area contributed by atoms with Crippen LogP contribution in [-0.2, 0) is 43.6 Å². The van der Waals surface area contributed by atoms with Crippen LogP contribution in [-0.4, -0.2) is 54.8 Å². The van der Waals surface area contributed by atoms with Crippen molar-refractivity contribution in [1.29, 1.82) is 0 Å². The number of halogens is 6. The summed E-state index contributed by atoms with van der Waals surface area (Å²) in [6, 6.07) is 5.42. The third-order valence-electron chi connectivity index (χ3n) is 7.42. The fourth-order valence-corrected chi connectivity index (χ4v) is 5.23. The minimum Gasteiger partial charge on any atom is -0.477 e. The van der Waals surface area contributed by atoms with E-state index in [1.807, 2.05) is 9.47 Å². The molecule has 1 atom stereocenters. The van der Waals surface area contributed by atoms with Crippen molar-refractivity contribution in [3.05, 3.63) is 80.9 Å². The number of ether oxygens (including phenoxy) is 2. The van der Waals surface area contributed by atoms with Gasteiger partial charge in [0.25, 0.3) is 0 Å². The molecule has 1 saturated heterocycles. The standard InChI is InChI=1S/C28H23ClF5N5O4/c29-18-9-19(30)15(8-20(18)31)13-43-26-17(28(32,33)34)7-14-3-5-38(11-23(14)37-26)12-24-35-21-1-2-22(27(40)41)36-25(21)39(24)10-16-4-6-42-16/h1-2,7-9,16H,3-6,10-13H2,(H,40,41)/t16-/m0/s1. The Hall–Kier alpha value is -3.88. The van der Waals surface area contributed by atoms with Crippen molar-refractivity contribution in [3.63, 3.8) is 0 Å². The van der Waals surface area contributed by atoms with E-state index < -0.39 is 46.9 Å². The summed E-state index contributed by atoms with van der Waals surface area (Å²) in [4.78, 5) is 26.6. The molecule has 0 saturated carbocycles. The Bertz CT molecular complexity index is 1730. The van der Waals surface area contributed by atoms with Gasteiger partial charge in [0.1, 0.15) is 35.1 Å². The predicted octanol–water partition coefficient (Wildman–Crippen LogP) is 5.40. The Kier molecular flexibility index (Phi) is 7.69. The van der Waals surface area contributed by atoms with E-state index in [9.17, 15) is 31.9 Å². The van der Waals surface area contributed by atoms with Crippen LogP contribution in [0.2, 0.25) is 5.02 Å². The Morgan fingerprint density at radius 3 is 2.63 bits per heavy atom. The number of nitrogens with zero attached hydrogens (tertiary/aromatic N) is 5. The lowest BCUT2D eigenvalue weighted by Gasteiger charge is -2.30. The van der Waals surface area contributed by atoms with Gasteiger partial charge >= 0.3 is 12.1 Å². The second-order valence-corrected chi connectivity index (χ2v) is 10.7. The molecule has 15 heteroatoms. The van der Waals surface area contributed by atoms with Crippen LogP contribution in [0.5, 0.6) is 5.88 Å². The molecule has 1 aromatic carbocycles. The summed E-state index contributed by atoms with van der Waals surface area (Å²) in [6.07, 6.45) is -3.78. The van der Waals surface area contributed by atoms with Crippen molar-refractivity contribution in [1.82, 2.24) is 24.4 Å². The summed E-state index contributed by atoms with van der Waals surface area (Å²) in [6.45, 7) is 1.18. The summed E-state index contributed by atoms with van der Waals surface area (Å²) in [7, 11) is 0. The molecule has 226 valence electrons. The van der Waals surface area contributed by atoms with Crippen LogP contribution in [0.1, 0.15) is 45.1 Å². The van der Waals surface area contributed by atoms with Gasteiger partial charge < -0.3 is 19.1 Å². The smallest absolute Gasteiger partial charge is 0.421 e. The number of fused-ring (bicyclic) bond motifs is 2. The van der Waals surface area contributed by atoms with Crippen LogP contribution >= 0.6 is 11.6 Å². The molecule has 6 rings (SSSR count).